The van der Waals surface area contributed by atoms with Crippen molar-refractivity contribution in [1.82, 2.24) is 4.31 Å². The summed E-state index contributed by atoms with van der Waals surface area (Å²) in [6.45, 7) is 0.632. The summed E-state index contributed by atoms with van der Waals surface area (Å²) in [5, 5.41) is 0. The molecule has 0 aromatic heterocycles. The molecule has 0 saturated heterocycles. The molecule has 0 unspecified atom stereocenters. The van der Waals surface area contributed by atoms with E-state index in [0.717, 1.165) is 11.1 Å². The van der Waals surface area contributed by atoms with Gasteiger partial charge in [0.15, 0.2) is 11.5 Å². The molecule has 0 bridgehead atoms. The maximum absolute atomic E-state index is 13.2. The van der Waals surface area contributed by atoms with Crippen molar-refractivity contribution in [2.24, 2.45) is 0 Å². The zero-order chi connectivity index (χ0) is 19.6. The maximum Gasteiger partial charge on any atom is 0.247 e. The van der Waals surface area contributed by atoms with Crippen LogP contribution >= 0.6 is 0 Å². The topological polar surface area (TPSA) is 74.3 Å². The third-order valence-corrected chi connectivity index (χ3v) is 6.56. The molecule has 0 radical (unpaired) electrons. The molecule has 2 aromatic carbocycles. The minimum atomic E-state index is -3.73. The number of hydrogen-bond donors (Lipinski definition) is 0. The first kappa shape index (κ1) is 19.3. The lowest BCUT2D eigenvalue weighted by molar-refractivity contribution is 0.347. The molecular formula is C19H23NO6S. The van der Waals surface area contributed by atoms with Crippen LogP contribution in [0.1, 0.15) is 11.1 Å². The van der Waals surface area contributed by atoms with Crippen LogP contribution < -0.4 is 18.9 Å². The lowest BCUT2D eigenvalue weighted by Gasteiger charge is -2.29. The third-order valence-electron chi connectivity index (χ3n) is 4.67. The quantitative estimate of drug-likeness (QED) is 0.751. The smallest absolute Gasteiger partial charge is 0.247 e. The van der Waals surface area contributed by atoms with Gasteiger partial charge in [-0.15, -0.1) is 0 Å². The van der Waals surface area contributed by atoms with Crippen molar-refractivity contribution >= 4 is 10.0 Å². The van der Waals surface area contributed by atoms with E-state index in [1.807, 2.05) is 12.1 Å². The fourth-order valence-electron chi connectivity index (χ4n) is 3.19. The van der Waals surface area contributed by atoms with E-state index in [1.165, 1.54) is 24.6 Å². The van der Waals surface area contributed by atoms with E-state index in [9.17, 15) is 8.42 Å². The lowest BCUT2D eigenvalue weighted by Crippen LogP contribution is -2.36. The number of rotatable bonds is 6. The Morgan fingerprint density at radius 2 is 1.44 bits per heavy atom. The summed E-state index contributed by atoms with van der Waals surface area (Å²) < 4.78 is 49.0. The molecule has 0 aliphatic carbocycles. The van der Waals surface area contributed by atoms with Crippen LogP contribution in [0.3, 0.4) is 0 Å². The van der Waals surface area contributed by atoms with E-state index in [-0.39, 0.29) is 17.2 Å². The molecule has 7 nitrogen and oxygen atoms in total. The van der Waals surface area contributed by atoms with Gasteiger partial charge < -0.3 is 18.9 Å². The first-order valence-corrected chi connectivity index (χ1v) is 9.84. The van der Waals surface area contributed by atoms with Gasteiger partial charge >= 0.3 is 0 Å². The largest absolute Gasteiger partial charge is 0.497 e. The second kappa shape index (κ2) is 7.66. The van der Waals surface area contributed by atoms with E-state index in [2.05, 4.69) is 0 Å². The number of hydrogen-bond acceptors (Lipinski definition) is 6. The van der Waals surface area contributed by atoms with Gasteiger partial charge in [-0.25, -0.2) is 8.42 Å². The summed E-state index contributed by atoms with van der Waals surface area (Å²) in [5.74, 6) is 2.01. The zero-order valence-corrected chi connectivity index (χ0v) is 16.6. The number of sulfonamides is 1. The monoisotopic (exact) mass is 393 g/mol. The summed E-state index contributed by atoms with van der Waals surface area (Å²) in [4.78, 5) is 0.120. The Bertz CT molecular complexity index is 941. The molecule has 1 aliphatic heterocycles. The van der Waals surface area contributed by atoms with Crippen molar-refractivity contribution in [3.05, 3.63) is 41.5 Å². The summed E-state index contributed by atoms with van der Waals surface area (Å²) in [6.07, 6.45) is 0.591. The molecule has 0 spiro atoms. The van der Waals surface area contributed by atoms with Crippen LogP contribution in [-0.4, -0.2) is 47.7 Å². The highest BCUT2D eigenvalue weighted by Gasteiger charge is 2.31. The fraction of sp³-hybridized carbons (Fsp3) is 0.368. The Morgan fingerprint density at radius 3 is 2.04 bits per heavy atom. The molecular weight excluding hydrogens is 370 g/mol. The second-order valence-corrected chi connectivity index (χ2v) is 7.99. The van der Waals surface area contributed by atoms with E-state index >= 15 is 0 Å². The molecule has 1 aliphatic rings. The number of methoxy groups -OCH3 is 4. The molecule has 0 N–H and O–H groups in total. The van der Waals surface area contributed by atoms with Gasteiger partial charge in [-0.3, -0.25) is 0 Å². The van der Waals surface area contributed by atoms with Gasteiger partial charge in [0, 0.05) is 19.2 Å². The highest BCUT2D eigenvalue weighted by Crippen LogP contribution is 2.36. The average Bonchev–Trinajstić information content (AvgIpc) is 2.71. The molecule has 0 amide bonds. The van der Waals surface area contributed by atoms with Crippen molar-refractivity contribution < 1.29 is 27.4 Å². The predicted octanol–water partition coefficient (Wildman–Crippen LogP) is 2.47. The van der Waals surface area contributed by atoms with E-state index in [4.69, 9.17) is 18.9 Å². The van der Waals surface area contributed by atoms with Gasteiger partial charge in [0.25, 0.3) is 0 Å². The van der Waals surface area contributed by atoms with Gasteiger partial charge in [-0.1, -0.05) is 0 Å². The Morgan fingerprint density at radius 1 is 0.815 bits per heavy atom. The first-order chi connectivity index (χ1) is 12.9. The first-order valence-electron chi connectivity index (χ1n) is 8.40. The lowest BCUT2D eigenvalue weighted by atomic mass is 10.0. The van der Waals surface area contributed by atoms with Crippen LogP contribution in [0.2, 0.25) is 0 Å². The molecule has 8 heteroatoms. The van der Waals surface area contributed by atoms with Crippen molar-refractivity contribution in [2.45, 2.75) is 17.9 Å². The van der Waals surface area contributed by atoms with Crippen molar-refractivity contribution in [3.8, 4) is 23.0 Å². The molecule has 3 rings (SSSR count). The molecule has 2 aromatic rings. The molecule has 0 atom stereocenters. The molecule has 146 valence electrons. The Kier molecular flexibility index (Phi) is 5.48. The van der Waals surface area contributed by atoms with Crippen molar-refractivity contribution in [1.29, 1.82) is 0 Å². The minimum absolute atomic E-state index is 0.120. The average molecular weight is 393 g/mol. The third kappa shape index (κ3) is 3.54. The van der Waals surface area contributed by atoms with Crippen LogP contribution in [0.25, 0.3) is 0 Å². The molecule has 1 heterocycles. The van der Waals surface area contributed by atoms with Crippen LogP contribution in [-0.2, 0) is 23.0 Å². The second-order valence-electron chi connectivity index (χ2n) is 6.08. The number of benzene rings is 2. The SMILES string of the molecule is COc1ccc(S(=O)(=O)N2CCc3cc(OC)c(OC)cc3C2)c(OC)c1. The highest BCUT2D eigenvalue weighted by atomic mass is 32.2. The van der Waals surface area contributed by atoms with Gasteiger partial charge in [-0.2, -0.15) is 4.31 Å². The van der Waals surface area contributed by atoms with Gasteiger partial charge in [-0.05, 0) is 41.8 Å². The Balaban J connectivity index is 1.96. The zero-order valence-electron chi connectivity index (χ0n) is 15.8. The normalized spacial score (nSPS) is 14.4. The number of ether oxygens (including phenoxy) is 4. The van der Waals surface area contributed by atoms with Crippen LogP contribution in [0, 0.1) is 0 Å². The summed E-state index contributed by atoms with van der Waals surface area (Å²) in [5.41, 5.74) is 1.95. The van der Waals surface area contributed by atoms with Crippen molar-refractivity contribution in [3.63, 3.8) is 0 Å². The van der Waals surface area contributed by atoms with E-state index in [0.29, 0.717) is 30.2 Å². The number of nitrogens with zero attached hydrogens (tertiary/aromatic N) is 1. The summed E-state index contributed by atoms with van der Waals surface area (Å²) in [7, 11) is 2.38. The molecule has 27 heavy (non-hydrogen) atoms. The van der Waals surface area contributed by atoms with Gasteiger partial charge in [0.1, 0.15) is 16.4 Å². The standard InChI is InChI=1S/C19H23NO6S/c1-23-15-5-6-19(18(11-15)26-4)27(21,22)20-8-7-13-9-16(24-2)17(25-3)10-14(13)12-20/h5-6,9-11H,7-8,12H2,1-4H3. The van der Waals surface area contributed by atoms with Gasteiger partial charge in [0.05, 0.1) is 28.4 Å². The highest BCUT2D eigenvalue weighted by molar-refractivity contribution is 7.89. The Labute approximate surface area is 159 Å². The minimum Gasteiger partial charge on any atom is -0.497 e. The summed E-state index contributed by atoms with van der Waals surface area (Å²) in [6, 6.07) is 8.43. The maximum atomic E-state index is 13.2. The predicted molar refractivity (Wildman–Crippen MR) is 100 cm³/mol. The van der Waals surface area contributed by atoms with E-state index in [1.54, 1.807) is 26.4 Å². The molecule has 0 saturated carbocycles. The van der Waals surface area contributed by atoms with E-state index < -0.39 is 10.0 Å². The number of fused-ring (bicyclic) bond motifs is 1. The van der Waals surface area contributed by atoms with Gasteiger partial charge in [0.2, 0.25) is 10.0 Å². The molecule has 0 fully saturated rings. The Hall–Kier alpha value is -2.45. The van der Waals surface area contributed by atoms with Crippen molar-refractivity contribution in [2.75, 3.05) is 35.0 Å². The van der Waals surface area contributed by atoms with Crippen LogP contribution in [0.5, 0.6) is 23.0 Å². The fourth-order valence-corrected chi connectivity index (χ4v) is 4.74. The van der Waals surface area contributed by atoms with Crippen LogP contribution in [0.15, 0.2) is 35.2 Å². The summed E-state index contributed by atoms with van der Waals surface area (Å²) >= 11 is 0. The van der Waals surface area contributed by atoms with Crippen LogP contribution in [0.4, 0.5) is 0 Å².